The molecule has 1 heterocycles. The second kappa shape index (κ2) is 5.17. The molecule has 4 heteroatoms. The first-order valence-electron chi connectivity index (χ1n) is 6.30. The molecule has 3 nitrogen and oxygen atoms in total. The van der Waals surface area contributed by atoms with Gasteiger partial charge in [-0.25, -0.2) is 0 Å². The van der Waals surface area contributed by atoms with Crippen molar-refractivity contribution in [2.45, 2.75) is 5.92 Å². The molecule has 0 saturated carbocycles. The van der Waals surface area contributed by atoms with E-state index in [1.54, 1.807) is 25.3 Å². The molecule has 102 valence electrons. The first kappa shape index (κ1) is 13.0. The van der Waals surface area contributed by atoms with Crippen LogP contribution in [0.1, 0.15) is 21.8 Å². The molecule has 0 spiro atoms. The van der Waals surface area contributed by atoms with Crippen LogP contribution in [-0.2, 0) is 0 Å². The minimum absolute atomic E-state index is 0.0331. The van der Waals surface area contributed by atoms with Crippen LogP contribution in [-0.4, -0.2) is 19.5 Å². The monoisotopic (exact) mass is 288 g/mol. The van der Waals surface area contributed by atoms with Crippen molar-refractivity contribution in [3.05, 3.63) is 58.6 Å². The number of carbonyl (C=O) groups excluding carboxylic acids is 1. The number of benzene rings is 2. The maximum absolute atomic E-state index is 12.7. The highest BCUT2D eigenvalue weighted by atomic mass is 35.5. The molecule has 1 unspecified atom stereocenters. The van der Waals surface area contributed by atoms with Gasteiger partial charge in [-0.15, -0.1) is 0 Å². The molecule has 20 heavy (non-hydrogen) atoms. The van der Waals surface area contributed by atoms with Gasteiger partial charge in [0, 0.05) is 10.6 Å². The lowest BCUT2D eigenvalue weighted by atomic mass is 9.92. The molecule has 0 aliphatic carbocycles. The van der Waals surface area contributed by atoms with E-state index in [0.29, 0.717) is 22.9 Å². The minimum Gasteiger partial charge on any atom is -0.496 e. The van der Waals surface area contributed by atoms with E-state index in [4.69, 9.17) is 21.1 Å². The summed E-state index contributed by atoms with van der Waals surface area (Å²) in [5.74, 6) is 0.962. The molecule has 0 aromatic heterocycles. The number of ketones is 1. The fourth-order valence-electron chi connectivity index (χ4n) is 2.44. The van der Waals surface area contributed by atoms with Gasteiger partial charge in [0.1, 0.15) is 18.1 Å². The number of Topliss-reactive ketones (excluding diaryl/α,β-unsaturated/α-hetero) is 1. The molecule has 1 aliphatic heterocycles. The van der Waals surface area contributed by atoms with E-state index in [9.17, 15) is 4.79 Å². The Kier molecular flexibility index (Phi) is 3.36. The summed E-state index contributed by atoms with van der Waals surface area (Å²) in [5.41, 5.74) is 1.41. The molecule has 0 saturated heterocycles. The largest absolute Gasteiger partial charge is 0.496 e. The van der Waals surface area contributed by atoms with Gasteiger partial charge in [-0.3, -0.25) is 4.79 Å². The van der Waals surface area contributed by atoms with E-state index in [2.05, 4.69) is 0 Å². The lowest BCUT2D eigenvalue weighted by molar-refractivity contribution is 0.0944. The average Bonchev–Trinajstić information content (AvgIpc) is 2.90. The fourth-order valence-corrected chi connectivity index (χ4v) is 2.61. The fraction of sp³-hybridized carbons (Fsp3) is 0.188. The van der Waals surface area contributed by atoms with Gasteiger partial charge < -0.3 is 9.47 Å². The Balaban J connectivity index is 2.00. The van der Waals surface area contributed by atoms with Gasteiger partial charge in [0.2, 0.25) is 0 Å². The van der Waals surface area contributed by atoms with E-state index < -0.39 is 0 Å². The summed E-state index contributed by atoms with van der Waals surface area (Å²) >= 11 is 5.99. The smallest absolute Gasteiger partial charge is 0.177 e. The number of rotatable bonds is 3. The van der Waals surface area contributed by atoms with Gasteiger partial charge in [0.25, 0.3) is 0 Å². The van der Waals surface area contributed by atoms with E-state index >= 15 is 0 Å². The van der Waals surface area contributed by atoms with Crippen molar-refractivity contribution in [3.8, 4) is 11.5 Å². The van der Waals surface area contributed by atoms with Gasteiger partial charge in [0.15, 0.2) is 5.78 Å². The lowest BCUT2D eigenvalue weighted by Gasteiger charge is -2.12. The van der Waals surface area contributed by atoms with Crippen LogP contribution in [0.5, 0.6) is 11.5 Å². The van der Waals surface area contributed by atoms with Crippen LogP contribution in [0.15, 0.2) is 42.5 Å². The predicted molar refractivity (Wildman–Crippen MR) is 77.0 cm³/mol. The Morgan fingerprint density at radius 2 is 2.10 bits per heavy atom. The van der Waals surface area contributed by atoms with Gasteiger partial charge >= 0.3 is 0 Å². The summed E-state index contributed by atoms with van der Waals surface area (Å²) < 4.78 is 10.8. The average molecular weight is 289 g/mol. The van der Waals surface area contributed by atoms with Crippen LogP contribution >= 0.6 is 11.6 Å². The molecule has 0 amide bonds. The summed E-state index contributed by atoms with van der Waals surface area (Å²) in [4.78, 5) is 12.7. The van der Waals surface area contributed by atoms with Crippen molar-refractivity contribution in [2.75, 3.05) is 13.7 Å². The first-order chi connectivity index (χ1) is 9.70. The summed E-state index contributed by atoms with van der Waals surface area (Å²) in [7, 11) is 1.54. The molecule has 1 aliphatic rings. The van der Waals surface area contributed by atoms with E-state index in [-0.39, 0.29) is 11.7 Å². The van der Waals surface area contributed by atoms with E-state index in [1.807, 2.05) is 24.3 Å². The molecule has 3 rings (SSSR count). The Hall–Kier alpha value is -2.00. The molecular weight excluding hydrogens is 276 g/mol. The number of ether oxygens (including phenoxy) is 2. The molecule has 2 aromatic carbocycles. The van der Waals surface area contributed by atoms with Gasteiger partial charge in [-0.2, -0.15) is 0 Å². The summed E-state index contributed by atoms with van der Waals surface area (Å²) in [6, 6.07) is 12.6. The summed E-state index contributed by atoms with van der Waals surface area (Å²) in [5, 5.41) is 0.515. The number of hydrogen-bond acceptors (Lipinski definition) is 3. The Morgan fingerprint density at radius 1 is 1.30 bits per heavy atom. The van der Waals surface area contributed by atoms with Crippen LogP contribution in [0.2, 0.25) is 5.02 Å². The predicted octanol–water partition coefficient (Wildman–Crippen LogP) is 3.71. The number of hydrogen-bond donors (Lipinski definition) is 0. The third-order valence-electron chi connectivity index (χ3n) is 3.44. The SMILES string of the molecule is COc1ccc(Cl)cc1C(=O)C1COc2ccccc21. The normalized spacial score (nSPS) is 16.4. The maximum atomic E-state index is 12.7. The van der Waals surface area contributed by atoms with Crippen molar-refractivity contribution >= 4 is 17.4 Å². The first-order valence-corrected chi connectivity index (χ1v) is 6.68. The van der Waals surface area contributed by atoms with E-state index in [0.717, 1.165) is 11.3 Å². The van der Waals surface area contributed by atoms with Crippen molar-refractivity contribution in [3.63, 3.8) is 0 Å². The van der Waals surface area contributed by atoms with Gasteiger partial charge in [-0.05, 0) is 24.3 Å². The molecule has 2 aromatic rings. The molecule has 0 bridgehead atoms. The van der Waals surface area contributed by atoms with Crippen LogP contribution in [0, 0.1) is 0 Å². The second-order valence-corrected chi connectivity index (χ2v) is 5.05. The van der Waals surface area contributed by atoms with Crippen LogP contribution in [0.4, 0.5) is 0 Å². The highest BCUT2D eigenvalue weighted by molar-refractivity contribution is 6.31. The summed E-state index contributed by atoms with van der Waals surface area (Å²) in [6.07, 6.45) is 0. The van der Waals surface area contributed by atoms with Crippen LogP contribution in [0.3, 0.4) is 0 Å². The zero-order chi connectivity index (χ0) is 14.1. The maximum Gasteiger partial charge on any atom is 0.177 e. The Morgan fingerprint density at radius 3 is 2.90 bits per heavy atom. The van der Waals surface area contributed by atoms with Gasteiger partial charge in [0.05, 0.1) is 18.6 Å². The number of fused-ring (bicyclic) bond motifs is 1. The van der Waals surface area contributed by atoms with Crippen molar-refractivity contribution in [1.82, 2.24) is 0 Å². The zero-order valence-electron chi connectivity index (χ0n) is 10.9. The molecule has 1 atom stereocenters. The Labute approximate surface area is 122 Å². The number of halogens is 1. The van der Waals surface area contributed by atoms with Crippen LogP contribution in [0.25, 0.3) is 0 Å². The quantitative estimate of drug-likeness (QED) is 0.808. The standard InChI is InChI=1S/C16H13ClO3/c1-19-14-7-6-10(17)8-12(14)16(18)13-9-20-15-5-3-2-4-11(13)15/h2-8,13H,9H2,1H3. The lowest BCUT2D eigenvalue weighted by Crippen LogP contribution is -2.15. The molecule has 0 N–H and O–H groups in total. The highest BCUT2D eigenvalue weighted by Gasteiger charge is 2.32. The minimum atomic E-state index is -0.307. The van der Waals surface area contributed by atoms with Crippen molar-refractivity contribution in [1.29, 1.82) is 0 Å². The topological polar surface area (TPSA) is 35.5 Å². The van der Waals surface area contributed by atoms with Crippen molar-refractivity contribution in [2.24, 2.45) is 0 Å². The van der Waals surface area contributed by atoms with E-state index in [1.165, 1.54) is 0 Å². The number of methoxy groups -OCH3 is 1. The molecular formula is C16H13ClO3. The van der Waals surface area contributed by atoms with Crippen molar-refractivity contribution < 1.29 is 14.3 Å². The molecule has 0 fully saturated rings. The number of carbonyl (C=O) groups is 1. The third kappa shape index (κ3) is 2.14. The zero-order valence-corrected chi connectivity index (χ0v) is 11.7. The van der Waals surface area contributed by atoms with Gasteiger partial charge in [-0.1, -0.05) is 29.8 Å². The molecule has 0 radical (unpaired) electrons. The highest BCUT2D eigenvalue weighted by Crippen LogP contribution is 2.37. The third-order valence-corrected chi connectivity index (χ3v) is 3.68. The van der Waals surface area contributed by atoms with Crippen LogP contribution < -0.4 is 9.47 Å². The Bertz CT molecular complexity index is 667. The number of para-hydroxylation sites is 1. The second-order valence-electron chi connectivity index (χ2n) is 4.61. The summed E-state index contributed by atoms with van der Waals surface area (Å²) in [6.45, 7) is 0.355.